The minimum absolute atomic E-state index is 0.308. The number of thiocarbonyl (C=S) groups is 1. The van der Waals surface area contributed by atoms with Gasteiger partial charge in [-0.2, -0.15) is 4.99 Å². The van der Waals surface area contributed by atoms with E-state index < -0.39 is 5.97 Å². The van der Waals surface area contributed by atoms with Gasteiger partial charge < -0.3 is 9.47 Å². The van der Waals surface area contributed by atoms with Gasteiger partial charge in [0.2, 0.25) is 0 Å². The third kappa shape index (κ3) is 6.15. The summed E-state index contributed by atoms with van der Waals surface area (Å²) in [6.07, 6.45) is 1.77. The first-order valence-electron chi connectivity index (χ1n) is 9.34. The van der Waals surface area contributed by atoms with Gasteiger partial charge in [-0.15, -0.1) is 0 Å². The Balaban J connectivity index is 1.62. The summed E-state index contributed by atoms with van der Waals surface area (Å²) in [7, 11) is 0. The molecular weight excluding hydrogens is 394 g/mol. The van der Waals surface area contributed by atoms with Gasteiger partial charge in [-0.25, -0.2) is 4.79 Å². The zero-order chi connectivity index (χ0) is 21.2. The van der Waals surface area contributed by atoms with Crippen molar-refractivity contribution in [3.8, 4) is 17.6 Å². The van der Waals surface area contributed by atoms with Gasteiger partial charge in [0, 0.05) is 23.6 Å². The number of isothiocyanates is 1. The molecule has 0 aliphatic carbocycles. The first-order chi connectivity index (χ1) is 14.7. The summed E-state index contributed by atoms with van der Waals surface area (Å²) in [5.74, 6) is 6.69. The van der Waals surface area contributed by atoms with Crippen LogP contribution in [0.15, 0.2) is 78.3 Å². The molecule has 0 aromatic heterocycles. The van der Waals surface area contributed by atoms with Crippen LogP contribution in [0.4, 0.5) is 5.69 Å². The lowest BCUT2D eigenvalue weighted by atomic mass is 10.1. The molecule has 3 aromatic rings. The van der Waals surface area contributed by atoms with Crippen LogP contribution in [0.5, 0.6) is 5.75 Å². The Hall–Kier alpha value is -3.71. The third-order valence-electron chi connectivity index (χ3n) is 4.17. The average Bonchev–Trinajstić information content (AvgIpc) is 2.78. The van der Waals surface area contributed by atoms with Crippen molar-refractivity contribution in [2.75, 3.05) is 13.2 Å². The zero-order valence-corrected chi connectivity index (χ0v) is 17.1. The molecule has 0 fully saturated rings. The molecule has 0 unspecified atom stereocenters. The molecule has 0 atom stereocenters. The van der Waals surface area contributed by atoms with Crippen molar-refractivity contribution in [3.05, 3.63) is 84.4 Å². The van der Waals surface area contributed by atoms with E-state index in [1.807, 2.05) is 60.7 Å². The van der Waals surface area contributed by atoms with E-state index in [4.69, 9.17) is 9.47 Å². The highest BCUT2D eigenvalue weighted by Crippen LogP contribution is 2.22. The quantitative estimate of drug-likeness (QED) is 0.129. The van der Waals surface area contributed by atoms with Crippen LogP contribution in [0, 0.1) is 11.8 Å². The fraction of sp³-hybridized carbons (Fsp3) is 0.120. The van der Waals surface area contributed by atoms with Gasteiger partial charge >= 0.3 is 5.97 Å². The lowest BCUT2D eigenvalue weighted by Gasteiger charge is -2.08. The Kier molecular flexibility index (Phi) is 7.51. The first kappa shape index (κ1) is 21.0. The van der Waals surface area contributed by atoms with E-state index in [-0.39, 0.29) is 0 Å². The molecule has 0 aliphatic rings. The van der Waals surface area contributed by atoms with E-state index in [1.165, 1.54) is 0 Å². The number of hydrogen-bond acceptors (Lipinski definition) is 5. The number of ether oxygens (including phenoxy) is 2. The van der Waals surface area contributed by atoms with Gasteiger partial charge in [-0.3, -0.25) is 0 Å². The standard InChI is InChI=1S/C25H19NO3S/c1-2-25(27)29-15-3-14-28-24-13-10-21-16-20(6-9-22(21)17-24)5-4-19-7-11-23(12-8-19)26-18-30/h2,6-13,16-17H,1,3,14-15H2. The predicted molar refractivity (Wildman–Crippen MR) is 122 cm³/mol. The predicted octanol–water partition coefficient (Wildman–Crippen LogP) is 5.47. The highest BCUT2D eigenvalue weighted by molar-refractivity contribution is 7.78. The van der Waals surface area contributed by atoms with Crippen LogP contribution < -0.4 is 4.74 Å². The lowest BCUT2D eigenvalue weighted by molar-refractivity contribution is -0.137. The Morgan fingerprint density at radius 1 is 0.967 bits per heavy atom. The van der Waals surface area contributed by atoms with E-state index >= 15 is 0 Å². The number of carbonyl (C=O) groups excluding carboxylic acids is 1. The highest BCUT2D eigenvalue weighted by atomic mass is 32.1. The van der Waals surface area contributed by atoms with E-state index in [0.717, 1.165) is 39.4 Å². The van der Waals surface area contributed by atoms with E-state index in [0.29, 0.717) is 19.6 Å². The molecular formula is C25H19NO3S. The molecule has 0 saturated heterocycles. The summed E-state index contributed by atoms with van der Waals surface area (Å²) in [5.41, 5.74) is 2.60. The van der Waals surface area contributed by atoms with Gasteiger partial charge in [0.1, 0.15) is 5.75 Å². The molecule has 30 heavy (non-hydrogen) atoms. The molecule has 3 rings (SSSR count). The molecule has 148 valence electrons. The number of benzene rings is 3. The van der Waals surface area contributed by atoms with Crippen molar-refractivity contribution >= 4 is 39.8 Å². The van der Waals surface area contributed by atoms with Crippen LogP contribution in [-0.4, -0.2) is 24.3 Å². The summed E-state index contributed by atoms with van der Waals surface area (Å²) in [4.78, 5) is 14.9. The maximum Gasteiger partial charge on any atom is 0.330 e. The van der Waals surface area contributed by atoms with Crippen LogP contribution in [0.3, 0.4) is 0 Å². The van der Waals surface area contributed by atoms with Crippen LogP contribution >= 0.6 is 12.2 Å². The van der Waals surface area contributed by atoms with E-state index in [9.17, 15) is 4.79 Å². The monoisotopic (exact) mass is 413 g/mol. The van der Waals surface area contributed by atoms with E-state index in [2.05, 4.69) is 40.8 Å². The molecule has 0 spiro atoms. The molecule has 0 bridgehead atoms. The van der Waals surface area contributed by atoms with Crippen LogP contribution in [0.25, 0.3) is 10.8 Å². The fourth-order valence-corrected chi connectivity index (χ4v) is 2.79. The van der Waals surface area contributed by atoms with Crippen LogP contribution in [0.2, 0.25) is 0 Å². The summed E-state index contributed by atoms with van der Waals surface area (Å²) < 4.78 is 10.7. The topological polar surface area (TPSA) is 47.9 Å². The Morgan fingerprint density at radius 2 is 1.67 bits per heavy atom. The Labute approximate surface area is 180 Å². The maximum atomic E-state index is 11.0. The molecule has 4 nitrogen and oxygen atoms in total. The molecule has 5 heteroatoms. The molecule has 0 aliphatic heterocycles. The number of esters is 1. The SMILES string of the molecule is C=CC(=O)OCCCOc1ccc2cc(C#Cc3ccc(N=C=S)cc3)ccc2c1. The lowest BCUT2D eigenvalue weighted by Crippen LogP contribution is -2.06. The summed E-state index contributed by atoms with van der Waals surface area (Å²) in [6.45, 7) is 4.13. The minimum Gasteiger partial charge on any atom is -0.493 e. The van der Waals surface area contributed by atoms with Gasteiger partial charge in [-0.1, -0.05) is 30.6 Å². The maximum absolute atomic E-state index is 11.0. The van der Waals surface area contributed by atoms with Crippen LogP contribution in [0.1, 0.15) is 17.5 Å². The largest absolute Gasteiger partial charge is 0.493 e. The number of nitrogens with zero attached hydrogens (tertiary/aromatic N) is 1. The normalized spacial score (nSPS) is 9.73. The van der Waals surface area contributed by atoms with Crippen molar-refractivity contribution in [1.82, 2.24) is 0 Å². The molecule has 0 amide bonds. The summed E-state index contributed by atoms with van der Waals surface area (Å²) in [5, 5.41) is 4.50. The second-order valence-corrected chi connectivity index (χ2v) is 6.48. The summed E-state index contributed by atoms with van der Waals surface area (Å²) >= 11 is 4.60. The summed E-state index contributed by atoms with van der Waals surface area (Å²) in [6, 6.07) is 19.5. The van der Waals surface area contributed by atoms with Gasteiger partial charge in [0.05, 0.1) is 24.1 Å². The average molecular weight is 413 g/mol. The second-order valence-electron chi connectivity index (χ2n) is 6.30. The Bertz CT molecular complexity index is 1170. The molecule has 0 saturated carbocycles. The Morgan fingerprint density at radius 3 is 2.43 bits per heavy atom. The molecule has 0 radical (unpaired) electrons. The van der Waals surface area contributed by atoms with Crippen molar-refractivity contribution in [2.45, 2.75) is 6.42 Å². The minimum atomic E-state index is -0.420. The van der Waals surface area contributed by atoms with Gasteiger partial charge in [0.15, 0.2) is 0 Å². The number of carbonyl (C=O) groups is 1. The van der Waals surface area contributed by atoms with Crippen LogP contribution in [-0.2, 0) is 9.53 Å². The highest BCUT2D eigenvalue weighted by Gasteiger charge is 2.00. The smallest absolute Gasteiger partial charge is 0.330 e. The van der Waals surface area contributed by atoms with Crippen molar-refractivity contribution in [3.63, 3.8) is 0 Å². The number of hydrogen-bond donors (Lipinski definition) is 0. The number of rotatable bonds is 7. The molecule has 3 aromatic carbocycles. The third-order valence-corrected chi connectivity index (χ3v) is 4.26. The van der Waals surface area contributed by atoms with Crippen molar-refractivity contribution in [2.24, 2.45) is 4.99 Å². The van der Waals surface area contributed by atoms with Gasteiger partial charge in [0.25, 0.3) is 0 Å². The first-order valence-corrected chi connectivity index (χ1v) is 9.74. The second kappa shape index (κ2) is 10.7. The zero-order valence-electron chi connectivity index (χ0n) is 16.3. The van der Waals surface area contributed by atoms with Crippen molar-refractivity contribution in [1.29, 1.82) is 0 Å². The van der Waals surface area contributed by atoms with E-state index in [1.54, 1.807) is 0 Å². The van der Waals surface area contributed by atoms with Crippen molar-refractivity contribution < 1.29 is 14.3 Å². The molecule has 0 heterocycles. The molecule has 0 N–H and O–H groups in total. The van der Waals surface area contributed by atoms with Gasteiger partial charge in [-0.05, 0) is 71.5 Å². The number of fused-ring (bicyclic) bond motifs is 1. The fourth-order valence-electron chi connectivity index (χ4n) is 2.69. The number of aliphatic imine (C=N–C) groups is 1.